The summed E-state index contributed by atoms with van der Waals surface area (Å²) < 4.78 is 29.8. The van der Waals surface area contributed by atoms with E-state index in [1.165, 1.54) is 6.07 Å². The van der Waals surface area contributed by atoms with Gasteiger partial charge in [-0.1, -0.05) is 0 Å². The number of ether oxygens (including phenoxy) is 1. The highest BCUT2D eigenvalue weighted by Gasteiger charge is 2.21. The Labute approximate surface area is 103 Å². The number of carbonyl (C=O) groups is 1. The smallest absolute Gasteiger partial charge is 0.356 e. The fourth-order valence-electron chi connectivity index (χ4n) is 1.01. The van der Waals surface area contributed by atoms with Crippen molar-refractivity contribution in [2.45, 2.75) is 6.43 Å². The maximum Gasteiger partial charge on any atom is 0.356 e. The minimum Gasteiger partial charge on any atom is -0.464 e. The number of carbonyl (C=O) groups excluding carboxylic acids is 1. The van der Waals surface area contributed by atoms with Gasteiger partial charge < -0.3 is 4.74 Å². The average molecular weight is 338 g/mol. The predicted octanol–water partition coefficient (Wildman–Crippen LogP) is 2.28. The van der Waals surface area contributed by atoms with E-state index >= 15 is 0 Å². The van der Waals surface area contributed by atoms with Gasteiger partial charge in [-0.15, -0.1) is 0 Å². The van der Waals surface area contributed by atoms with Crippen LogP contribution in [0.2, 0.25) is 0 Å². The number of esters is 1. The molecule has 0 fully saturated rings. The van der Waals surface area contributed by atoms with Crippen LogP contribution in [-0.4, -0.2) is 18.1 Å². The molecule has 1 rings (SSSR count). The Bertz CT molecular complexity index is 471. The zero-order valence-electron chi connectivity index (χ0n) is 8.00. The van der Waals surface area contributed by atoms with Crippen molar-refractivity contribution in [3.05, 3.63) is 26.6 Å². The van der Waals surface area contributed by atoms with Gasteiger partial charge in [0.2, 0.25) is 0 Å². The van der Waals surface area contributed by atoms with Crippen molar-refractivity contribution in [3.63, 3.8) is 0 Å². The molecule has 4 nitrogen and oxygen atoms in total. The van der Waals surface area contributed by atoms with Crippen molar-refractivity contribution in [1.82, 2.24) is 4.98 Å². The molecule has 0 aliphatic rings. The molecule has 1 aromatic rings. The molecular weight excluding hydrogens is 333 g/mol. The molecule has 7 heteroatoms. The van der Waals surface area contributed by atoms with Gasteiger partial charge in [0.1, 0.15) is 17.5 Å². The molecule has 16 heavy (non-hydrogen) atoms. The number of methoxy groups -OCH3 is 1. The summed E-state index contributed by atoms with van der Waals surface area (Å²) >= 11 is 1.69. The van der Waals surface area contributed by atoms with Crippen molar-refractivity contribution in [3.8, 4) is 6.07 Å². The molecule has 0 N–H and O–H groups in total. The number of hydrogen-bond donors (Lipinski definition) is 0. The maximum atomic E-state index is 12.6. The fraction of sp³-hybridized carbons (Fsp3) is 0.222. The molecule has 0 spiro atoms. The molecule has 0 unspecified atom stereocenters. The molecule has 0 aliphatic heterocycles. The number of pyridine rings is 1. The van der Waals surface area contributed by atoms with E-state index in [1.54, 1.807) is 28.7 Å². The van der Waals surface area contributed by atoms with E-state index in [-0.39, 0.29) is 14.8 Å². The van der Waals surface area contributed by atoms with Gasteiger partial charge in [-0.3, -0.25) is 0 Å². The third kappa shape index (κ3) is 2.44. The molecule has 0 bridgehead atoms. The van der Waals surface area contributed by atoms with E-state index in [2.05, 4.69) is 9.72 Å². The van der Waals surface area contributed by atoms with Crippen LogP contribution in [0.1, 0.15) is 28.2 Å². The van der Waals surface area contributed by atoms with Crippen LogP contribution >= 0.6 is 22.6 Å². The highest BCUT2D eigenvalue weighted by Crippen LogP contribution is 2.25. The van der Waals surface area contributed by atoms with Crippen LogP contribution in [-0.2, 0) is 4.74 Å². The van der Waals surface area contributed by atoms with Crippen LogP contribution in [0.3, 0.4) is 0 Å². The van der Waals surface area contributed by atoms with Crippen LogP contribution in [0.25, 0.3) is 0 Å². The number of halogens is 3. The fourth-order valence-corrected chi connectivity index (χ4v) is 1.70. The lowest BCUT2D eigenvalue weighted by Gasteiger charge is -2.06. The van der Waals surface area contributed by atoms with E-state index in [0.717, 1.165) is 7.11 Å². The lowest BCUT2D eigenvalue weighted by molar-refractivity contribution is 0.0592. The summed E-state index contributed by atoms with van der Waals surface area (Å²) in [5.74, 6) is -0.815. The van der Waals surface area contributed by atoms with Gasteiger partial charge in [0.15, 0.2) is 0 Å². The largest absolute Gasteiger partial charge is 0.464 e. The van der Waals surface area contributed by atoms with E-state index in [1.807, 2.05) is 0 Å². The molecule has 0 atom stereocenters. The normalized spacial score (nSPS) is 10.0. The number of hydrogen-bond acceptors (Lipinski definition) is 4. The third-order valence-electron chi connectivity index (χ3n) is 1.71. The molecule has 1 heterocycles. The van der Waals surface area contributed by atoms with Crippen molar-refractivity contribution < 1.29 is 18.3 Å². The number of aromatic nitrogens is 1. The SMILES string of the molecule is COC(=O)c1cc(I)c(C#N)c(C(F)F)n1. The van der Waals surface area contributed by atoms with Crippen LogP contribution in [0.4, 0.5) is 8.78 Å². The van der Waals surface area contributed by atoms with Crippen LogP contribution in [0.15, 0.2) is 6.07 Å². The van der Waals surface area contributed by atoms with E-state index in [0.29, 0.717) is 0 Å². The van der Waals surface area contributed by atoms with Crippen molar-refractivity contribution in [2.75, 3.05) is 7.11 Å². The average Bonchev–Trinajstić information content (AvgIpc) is 2.26. The second kappa shape index (κ2) is 5.16. The van der Waals surface area contributed by atoms with Gasteiger partial charge in [-0.2, -0.15) is 5.26 Å². The highest BCUT2D eigenvalue weighted by molar-refractivity contribution is 14.1. The minimum atomic E-state index is -2.91. The molecule has 0 saturated heterocycles. The Morgan fingerprint density at radius 3 is 2.75 bits per heavy atom. The summed E-state index contributed by atoms with van der Waals surface area (Å²) in [7, 11) is 1.12. The summed E-state index contributed by atoms with van der Waals surface area (Å²) in [5, 5.41) is 8.69. The minimum absolute atomic E-state index is 0.219. The third-order valence-corrected chi connectivity index (χ3v) is 2.56. The zero-order valence-corrected chi connectivity index (χ0v) is 10.2. The highest BCUT2D eigenvalue weighted by atomic mass is 127. The van der Waals surface area contributed by atoms with Crippen LogP contribution in [0, 0.1) is 14.9 Å². The molecule has 0 radical (unpaired) electrons. The van der Waals surface area contributed by atoms with Gasteiger partial charge in [-0.05, 0) is 28.7 Å². The van der Waals surface area contributed by atoms with Gasteiger partial charge in [0.25, 0.3) is 6.43 Å². The monoisotopic (exact) mass is 338 g/mol. The molecular formula is C9H5F2IN2O2. The Balaban J connectivity index is 3.41. The number of alkyl halides is 2. The second-order valence-electron chi connectivity index (χ2n) is 2.65. The maximum absolute atomic E-state index is 12.6. The first kappa shape index (κ1) is 12.8. The molecule has 1 aromatic heterocycles. The lowest BCUT2D eigenvalue weighted by Crippen LogP contribution is -2.09. The Hall–Kier alpha value is -1.30. The van der Waals surface area contributed by atoms with Crippen molar-refractivity contribution >= 4 is 28.6 Å². The Morgan fingerprint density at radius 1 is 1.69 bits per heavy atom. The molecule has 0 aromatic carbocycles. The quantitative estimate of drug-likeness (QED) is 0.613. The van der Waals surface area contributed by atoms with Crippen molar-refractivity contribution in [1.29, 1.82) is 5.26 Å². The first-order valence-corrected chi connectivity index (χ1v) is 5.06. The van der Waals surface area contributed by atoms with Crippen molar-refractivity contribution in [2.24, 2.45) is 0 Å². The molecule has 0 aliphatic carbocycles. The summed E-state index contributed by atoms with van der Waals surface area (Å²) in [4.78, 5) is 14.5. The molecule has 0 amide bonds. The topological polar surface area (TPSA) is 63.0 Å². The summed E-state index contributed by atoms with van der Waals surface area (Å²) in [6, 6.07) is 2.86. The van der Waals surface area contributed by atoms with Gasteiger partial charge in [-0.25, -0.2) is 18.6 Å². The Morgan fingerprint density at radius 2 is 2.31 bits per heavy atom. The van der Waals surface area contributed by atoms with Crippen LogP contribution in [0.5, 0.6) is 0 Å². The summed E-state index contributed by atoms with van der Waals surface area (Å²) in [5.41, 5.74) is -1.15. The van der Waals surface area contributed by atoms with Crippen LogP contribution < -0.4 is 0 Å². The zero-order chi connectivity index (χ0) is 12.3. The second-order valence-corrected chi connectivity index (χ2v) is 3.82. The predicted molar refractivity (Wildman–Crippen MR) is 58.0 cm³/mol. The van der Waals surface area contributed by atoms with Gasteiger partial charge in [0, 0.05) is 3.57 Å². The Kier molecular flexibility index (Phi) is 4.12. The van der Waals surface area contributed by atoms with Gasteiger partial charge >= 0.3 is 5.97 Å². The lowest BCUT2D eigenvalue weighted by atomic mass is 10.2. The number of rotatable bonds is 2. The van der Waals surface area contributed by atoms with Gasteiger partial charge in [0.05, 0.1) is 12.7 Å². The first-order valence-electron chi connectivity index (χ1n) is 3.98. The molecule has 84 valence electrons. The van der Waals surface area contributed by atoms with E-state index in [4.69, 9.17) is 5.26 Å². The summed E-state index contributed by atoms with van der Waals surface area (Å²) in [6.07, 6.45) is -2.91. The van der Waals surface area contributed by atoms with E-state index < -0.39 is 18.1 Å². The number of nitriles is 1. The first-order chi connectivity index (χ1) is 7.51. The standard InChI is InChI=1S/C9H5F2IN2O2/c1-16-9(15)6-2-5(12)4(3-13)7(14-6)8(10)11/h2,8H,1H3. The number of nitrogens with zero attached hydrogens (tertiary/aromatic N) is 2. The summed E-state index contributed by atoms with van der Waals surface area (Å²) in [6.45, 7) is 0. The van der Waals surface area contributed by atoms with E-state index in [9.17, 15) is 13.6 Å². The molecule has 0 saturated carbocycles.